The molecule has 0 saturated carbocycles. The molecule has 7 nitrogen and oxygen atoms in total. The molecule has 1 heterocycles. The number of Topliss-reactive ketones (excluding diaryl/α,β-unsaturated/α-hetero) is 1. The van der Waals surface area contributed by atoms with E-state index in [0.29, 0.717) is 43.2 Å². The Kier molecular flexibility index (Phi) is 9.18. The Morgan fingerprint density at radius 1 is 0.951 bits per heavy atom. The summed E-state index contributed by atoms with van der Waals surface area (Å²) in [6.07, 6.45) is 0. The number of nitrogens with zero attached hydrogens (tertiary/aromatic N) is 2. The predicted octanol–water partition coefficient (Wildman–Crippen LogP) is 5.95. The van der Waals surface area contributed by atoms with Crippen LogP contribution in [0.25, 0.3) is 5.76 Å². The first-order valence-electron chi connectivity index (χ1n) is 14.0. The molecule has 41 heavy (non-hydrogen) atoms. The largest absolute Gasteiger partial charge is 0.507 e. The summed E-state index contributed by atoms with van der Waals surface area (Å²) in [5.41, 5.74) is 2.88. The summed E-state index contributed by atoms with van der Waals surface area (Å²) >= 11 is 0. The number of likely N-dealkylation sites (N-methyl/N-ethyl adjacent to an activating group) is 1. The summed E-state index contributed by atoms with van der Waals surface area (Å²) in [7, 11) is 3.83. The van der Waals surface area contributed by atoms with E-state index in [4.69, 9.17) is 9.47 Å². The first-order chi connectivity index (χ1) is 19.5. The maximum absolute atomic E-state index is 13.5. The van der Waals surface area contributed by atoms with Crippen LogP contribution in [0, 0.1) is 0 Å². The van der Waals surface area contributed by atoms with Gasteiger partial charge in [0.2, 0.25) is 0 Å². The molecule has 1 unspecified atom stereocenters. The van der Waals surface area contributed by atoms with Crippen molar-refractivity contribution >= 4 is 17.4 Å². The Balaban J connectivity index is 1.80. The van der Waals surface area contributed by atoms with E-state index in [-0.39, 0.29) is 16.7 Å². The van der Waals surface area contributed by atoms with Crippen LogP contribution in [-0.4, -0.2) is 60.4 Å². The van der Waals surface area contributed by atoms with Crippen molar-refractivity contribution in [3.8, 4) is 11.5 Å². The summed E-state index contributed by atoms with van der Waals surface area (Å²) in [5, 5.41) is 11.7. The highest BCUT2D eigenvalue weighted by Crippen LogP contribution is 2.41. The van der Waals surface area contributed by atoms with Gasteiger partial charge in [0, 0.05) is 24.2 Å². The van der Waals surface area contributed by atoms with Crippen LogP contribution in [0.3, 0.4) is 0 Å². The molecule has 1 N–H and O–H groups in total. The molecule has 0 spiro atoms. The van der Waals surface area contributed by atoms with Crippen molar-refractivity contribution in [2.45, 2.75) is 45.8 Å². The van der Waals surface area contributed by atoms with Crippen LogP contribution < -0.4 is 9.47 Å². The summed E-state index contributed by atoms with van der Waals surface area (Å²) in [4.78, 5) is 30.4. The van der Waals surface area contributed by atoms with Gasteiger partial charge < -0.3 is 24.4 Å². The third-order valence-electron chi connectivity index (χ3n) is 7.11. The molecule has 4 rings (SSSR count). The lowest BCUT2D eigenvalue weighted by Gasteiger charge is -2.27. The van der Waals surface area contributed by atoms with Gasteiger partial charge in [0.05, 0.1) is 18.2 Å². The average molecular weight is 557 g/mol. The van der Waals surface area contributed by atoms with Crippen LogP contribution >= 0.6 is 0 Å². The van der Waals surface area contributed by atoms with E-state index in [0.717, 1.165) is 16.9 Å². The van der Waals surface area contributed by atoms with Crippen molar-refractivity contribution in [2.75, 3.05) is 33.8 Å². The first-order valence-corrected chi connectivity index (χ1v) is 14.0. The number of carbonyl (C=O) groups excluding carboxylic acids is 2. The van der Waals surface area contributed by atoms with Crippen molar-refractivity contribution in [3.63, 3.8) is 0 Å². The number of ketones is 1. The van der Waals surface area contributed by atoms with Crippen LogP contribution in [0.2, 0.25) is 0 Å². The van der Waals surface area contributed by atoms with Gasteiger partial charge in [-0.15, -0.1) is 0 Å². The van der Waals surface area contributed by atoms with Crippen LogP contribution in [-0.2, 0) is 21.6 Å². The fraction of sp³-hybridized carbons (Fsp3) is 0.353. The number of likely N-dealkylation sites (tertiary alicyclic amines) is 1. The maximum atomic E-state index is 13.5. The zero-order valence-electron chi connectivity index (χ0n) is 24.8. The lowest BCUT2D eigenvalue weighted by molar-refractivity contribution is -0.140. The van der Waals surface area contributed by atoms with Gasteiger partial charge in [-0.3, -0.25) is 9.59 Å². The molecule has 0 aromatic heterocycles. The highest BCUT2D eigenvalue weighted by atomic mass is 16.5. The number of carbonyl (C=O) groups is 2. The topological polar surface area (TPSA) is 79.3 Å². The number of aliphatic hydroxyl groups is 1. The smallest absolute Gasteiger partial charge is 0.295 e. The second-order valence-electron chi connectivity index (χ2n) is 11.5. The molecule has 1 aliphatic heterocycles. The van der Waals surface area contributed by atoms with Crippen molar-refractivity contribution < 1.29 is 24.2 Å². The number of aliphatic hydroxyl groups excluding tert-OH is 1. The number of hydrogen-bond acceptors (Lipinski definition) is 6. The van der Waals surface area contributed by atoms with E-state index in [1.54, 1.807) is 11.0 Å². The third kappa shape index (κ3) is 6.80. The minimum atomic E-state index is -0.764. The first kappa shape index (κ1) is 29.9. The molecule has 3 aromatic rings. The number of benzene rings is 3. The predicted molar refractivity (Wildman–Crippen MR) is 161 cm³/mol. The van der Waals surface area contributed by atoms with Crippen molar-refractivity contribution in [2.24, 2.45) is 0 Å². The Labute approximate surface area is 243 Å². The molecule has 1 aliphatic rings. The lowest BCUT2D eigenvalue weighted by Crippen LogP contribution is -2.35. The molecule has 1 saturated heterocycles. The van der Waals surface area contributed by atoms with Crippen molar-refractivity contribution in [3.05, 3.63) is 101 Å². The quantitative estimate of drug-likeness (QED) is 0.189. The Hall–Kier alpha value is -4.10. The van der Waals surface area contributed by atoms with Crippen LogP contribution in [0.1, 0.15) is 56.0 Å². The molecule has 0 radical (unpaired) electrons. The Morgan fingerprint density at radius 3 is 2.34 bits per heavy atom. The number of ether oxygens (including phenoxy) is 2. The van der Waals surface area contributed by atoms with Gasteiger partial charge in [0.25, 0.3) is 11.7 Å². The normalized spacial score (nSPS) is 16.9. The van der Waals surface area contributed by atoms with Crippen molar-refractivity contribution in [1.29, 1.82) is 0 Å². The SMILES string of the molecule is CCOc1ccc(/C(O)=C2\C(=O)C(=O)N(CCN(C)C)C2c2cccc(OCc3ccccc3)c2)cc1C(C)(C)C. The van der Waals surface area contributed by atoms with Gasteiger partial charge in [0.15, 0.2) is 0 Å². The van der Waals surface area contributed by atoms with Crippen LogP contribution in [0.4, 0.5) is 0 Å². The van der Waals surface area contributed by atoms with Gasteiger partial charge in [-0.05, 0) is 67.9 Å². The fourth-order valence-electron chi connectivity index (χ4n) is 4.98. The van der Waals surface area contributed by atoms with Crippen LogP contribution in [0.5, 0.6) is 11.5 Å². The summed E-state index contributed by atoms with van der Waals surface area (Å²) in [5.74, 6) is -0.197. The molecule has 1 fully saturated rings. The number of rotatable bonds is 10. The van der Waals surface area contributed by atoms with E-state index >= 15 is 0 Å². The van der Waals surface area contributed by atoms with Gasteiger partial charge in [0.1, 0.15) is 23.9 Å². The minimum Gasteiger partial charge on any atom is -0.507 e. The van der Waals surface area contributed by atoms with E-state index < -0.39 is 17.7 Å². The molecule has 7 heteroatoms. The molecule has 1 amide bonds. The summed E-state index contributed by atoms with van der Waals surface area (Å²) in [6.45, 7) is 9.89. The zero-order valence-corrected chi connectivity index (χ0v) is 24.8. The van der Waals surface area contributed by atoms with Gasteiger partial charge in [-0.25, -0.2) is 0 Å². The summed E-state index contributed by atoms with van der Waals surface area (Å²) in [6, 6.07) is 21.9. The second kappa shape index (κ2) is 12.6. The molecule has 0 bridgehead atoms. The molecule has 1 atom stereocenters. The third-order valence-corrected chi connectivity index (χ3v) is 7.11. The number of amides is 1. The van der Waals surface area contributed by atoms with E-state index in [9.17, 15) is 14.7 Å². The maximum Gasteiger partial charge on any atom is 0.295 e. The zero-order chi connectivity index (χ0) is 29.7. The van der Waals surface area contributed by atoms with E-state index in [1.165, 1.54) is 0 Å². The molecular weight excluding hydrogens is 516 g/mol. The Morgan fingerprint density at radius 2 is 1.68 bits per heavy atom. The van der Waals surface area contributed by atoms with Gasteiger partial charge >= 0.3 is 0 Å². The fourth-order valence-corrected chi connectivity index (χ4v) is 4.98. The second-order valence-corrected chi connectivity index (χ2v) is 11.5. The molecule has 216 valence electrons. The molecule has 0 aliphatic carbocycles. The average Bonchev–Trinajstić information content (AvgIpc) is 3.20. The van der Waals surface area contributed by atoms with Crippen LogP contribution in [0.15, 0.2) is 78.4 Å². The summed E-state index contributed by atoms with van der Waals surface area (Å²) < 4.78 is 11.9. The highest BCUT2D eigenvalue weighted by Gasteiger charge is 2.46. The monoisotopic (exact) mass is 556 g/mol. The van der Waals surface area contributed by atoms with E-state index in [2.05, 4.69) is 20.8 Å². The van der Waals surface area contributed by atoms with Gasteiger partial charge in [-0.1, -0.05) is 63.2 Å². The molecule has 3 aromatic carbocycles. The molecular formula is C34H40N2O5. The Bertz CT molecular complexity index is 1420. The van der Waals surface area contributed by atoms with Crippen molar-refractivity contribution in [1.82, 2.24) is 9.80 Å². The minimum absolute atomic E-state index is 0.0676. The lowest BCUT2D eigenvalue weighted by atomic mass is 9.84. The highest BCUT2D eigenvalue weighted by molar-refractivity contribution is 6.46. The van der Waals surface area contributed by atoms with E-state index in [1.807, 2.05) is 92.6 Å². The number of hydrogen-bond donors (Lipinski definition) is 1. The standard InChI is InChI=1S/C34H40N2O5/c1-7-40-28-17-16-25(21-27(28)34(2,3)4)31(37)29-30(36(19-18-35(5)6)33(39)32(29)38)24-14-11-15-26(20-24)41-22-23-12-9-8-10-13-23/h8-17,20-21,30,37H,7,18-19,22H2,1-6H3/b31-29+. The van der Waals surface area contributed by atoms with Gasteiger partial charge in [-0.2, -0.15) is 0 Å².